The monoisotopic (exact) mass is 286 g/mol. The number of furan rings is 1. The first-order valence-electron chi connectivity index (χ1n) is 6.49. The summed E-state index contributed by atoms with van der Waals surface area (Å²) in [6.45, 7) is 1.63. The molecular weight excluding hydrogens is 268 g/mol. The molecule has 2 heterocycles. The van der Waals surface area contributed by atoms with Gasteiger partial charge in [0, 0.05) is 6.54 Å². The Labute approximate surface area is 118 Å². The minimum absolute atomic E-state index is 0. The molecule has 1 saturated heterocycles. The molecule has 1 aromatic rings. The topological polar surface area (TPSA) is 68.7 Å². The van der Waals surface area contributed by atoms with E-state index < -0.39 is 0 Å². The van der Waals surface area contributed by atoms with Crippen molar-refractivity contribution in [1.29, 1.82) is 0 Å². The van der Waals surface area contributed by atoms with Gasteiger partial charge < -0.3 is 19.8 Å². The summed E-state index contributed by atoms with van der Waals surface area (Å²) >= 11 is 0. The van der Waals surface area contributed by atoms with Gasteiger partial charge in [-0.05, 0) is 25.3 Å². The van der Waals surface area contributed by atoms with Gasteiger partial charge in [0.2, 0.25) is 0 Å². The predicted molar refractivity (Wildman–Crippen MR) is 72.3 cm³/mol. The number of fused-ring (bicyclic) bond motifs is 1. The molecule has 2 fully saturated rings. The van der Waals surface area contributed by atoms with Crippen molar-refractivity contribution in [3.8, 4) is 0 Å². The Morgan fingerprint density at radius 3 is 3.05 bits per heavy atom. The number of amides is 1. The molecule has 5 nitrogen and oxygen atoms in total. The number of carbonyl (C=O) groups is 1. The Morgan fingerprint density at radius 1 is 1.47 bits per heavy atom. The number of nitrogens with zero attached hydrogens (tertiary/aromatic N) is 1. The zero-order valence-electron chi connectivity index (χ0n) is 10.7. The number of halogens is 1. The Bertz CT molecular complexity index is 449. The standard InChI is InChI=1S/C13H18N2O3.ClH/c14-7-10-6-9(8-18-10)13(16)15-4-5-17-12-3-1-2-11(12)15;/h6,8,11-12H,1-5,7,14H2;1H. The molecule has 2 atom stereocenters. The van der Waals surface area contributed by atoms with Crippen molar-refractivity contribution < 1.29 is 13.9 Å². The second-order valence-corrected chi connectivity index (χ2v) is 4.91. The molecule has 0 aromatic carbocycles. The number of hydrogen-bond donors (Lipinski definition) is 1. The van der Waals surface area contributed by atoms with Crippen LogP contribution in [0.3, 0.4) is 0 Å². The summed E-state index contributed by atoms with van der Waals surface area (Å²) < 4.78 is 10.9. The molecule has 0 radical (unpaired) electrons. The number of rotatable bonds is 2. The number of morpholine rings is 1. The molecule has 1 aliphatic heterocycles. The Morgan fingerprint density at radius 2 is 2.32 bits per heavy atom. The van der Waals surface area contributed by atoms with E-state index in [1.165, 1.54) is 6.26 Å². The fourth-order valence-electron chi connectivity index (χ4n) is 2.94. The third kappa shape index (κ3) is 2.63. The molecule has 2 unspecified atom stereocenters. The van der Waals surface area contributed by atoms with Crippen LogP contribution in [-0.2, 0) is 11.3 Å². The SMILES string of the molecule is Cl.NCc1cc(C(=O)N2CCOC3CCCC32)co1. The summed E-state index contributed by atoms with van der Waals surface area (Å²) in [5, 5.41) is 0. The van der Waals surface area contributed by atoms with E-state index in [-0.39, 0.29) is 30.5 Å². The minimum atomic E-state index is 0. The van der Waals surface area contributed by atoms with Crippen LogP contribution in [0.15, 0.2) is 16.7 Å². The highest BCUT2D eigenvalue weighted by molar-refractivity contribution is 5.94. The highest BCUT2D eigenvalue weighted by Crippen LogP contribution is 2.30. The van der Waals surface area contributed by atoms with Crippen molar-refractivity contribution >= 4 is 18.3 Å². The van der Waals surface area contributed by atoms with E-state index in [0.29, 0.717) is 31.0 Å². The van der Waals surface area contributed by atoms with E-state index in [9.17, 15) is 4.79 Å². The summed E-state index contributed by atoms with van der Waals surface area (Å²) in [6.07, 6.45) is 4.97. The van der Waals surface area contributed by atoms with Crippen LogP contribution < -0.4 is 5.73 Å². The molecule has 1 amide bonds. The van der Waals surface area contributed by atoms with Gasteiger partial charge in [0.1, 0.15) is 12.0 Å². The van der Waals surface area contributed by atoms with E-state index in [1.54, 1.807) is 6.07 Å². The van der Waals surface area contributed by atoms with E-state index >= 15 is 0 Å². The van der Waals surface area contributed by atoms with Gasteiger partial charge in [-0.15, -0.1) is 12.4 Å². The van der Waals surface area contributed by atoms with Crippen LogP contribution in [-0.4, -0.2) is 36.1 Å². The summed E-state index contributed by atoms with van der Waals surface area (Å²) in [5.74, 6) is 0.688. The van der Waals surface area contributed by atoms with Crippen LogP contribution in [0, 0.1) is 0 Å². The van der Waals surface area contributed by atoms with Crippen molar-refractivity contribution in [3.63, 3.8) is 0 Å². The van der Waals surface area contributed by atoms with Crippen LogP contribution in [0.1, 0.15) is 35.4 Å². The fourth-order valence-corrected chi connectivity index (χ4v) is 2.94. The Kier molecular flexibility index (Phi) is 4.50. The van der Waals surface area contributed by atoms with Gasteiger partial charge in [-0.1, -0.05) is 0 Å². The molecule has 1 aromatic heterocycles. The molecular formula is C13H19ClN2O3. The van der Waals surface area contributed by atoms with Gasteiger partial charge in [-0.2, -0.15) is 0 Å². The third-order valence-corrected chi connectivity index (χ3v) is 3.84. The second-order valence-electron chi connectivity index (χ2n) is 4.91. The first-order valence-corrected chi connectivity index (χ1v) is 6.49. The maximum absolute atomic E-state index is 12.4. The molecule has 106 valence electrons. The van der Waals surface area contributed by atoms with Gasteiger partial charge >= 0.3 is 0 Å². The minimum Gasteiger partial charge on any atom is -0.467 e. The van der Waals surface area contributed by atoms with Gasteiger partial charge in [0.05, 0.1) is 30.9 Å². The van der Waals surface area contributed by atoms with Gasteiger partial charge in [-0.25, -0.2) is 0 Å². The molecule has 6 heteroatoms. The van der Waals surface area contributed by atoms with Crippen molar-refractivity contribution in [2.75, 3.05) is 13.2 Å². The first-order chi connectivity index (χ1) is 8.79. The molecule has 3 rings (SSSR count). The third-order valence-electron chi connectivity index (χ3n) is 3.84. The largest absolute Gasteiger partial charge is 0.467 e. The highest BCUT2D eigenvalue weighted by atomic mass is 35.5. The quantitative estimate of drug-likeness (QED) is 0.896. The number of hydrogen-bond acceptors (Lipinski definition) is 4. The van der Waals surface area contributed by atoms with E-state index in [2.05, 4.69) is 0 Å². The average molecular weight is 287 g/mol. The van der Waals surface area contributed by atoms with Crippen molar-refractivity contribution in [2.45, 2.75) is 38.0 Å². The van der Waals surface area contributed by atoms with E-state index in [1.807, 2.05) is 4.90 Å². The predicted octanol–water partition coefficient (Wildman–Crippen LogP) is 1.55. The normalized spacial score (nSPS) is 25.8. The number of nitrogens with two attached hydrogens (primary N) is 1. The zero-order chi connectivity index (χ0) is 12.5. The molecule has 0 bridgehead atoms. The van der Waals surface area contributed by atoms with Crippen molar-refractivity contribution in [3.05, 3.63) is 23.7 Å². The summed E-state index contributed by atoms with van der Waals surface area (Å²) in [4.78, 5) is 14.4. The molecule has 1 saturated carbocycles. The lowest BCUT2D eigenvalue weighted by Crippen LogP contribution is -2.51. The molecule has 1 aliphatic carbocycles. The lowest BCUT2D eigenvalue weighted by atomic mass is 10.1. The Balaban J connectivity index is 0.00000133. The van der Waals surface area contributed by atoms with Crippen molar-refractivity contribution in [1.82, 2.24) is 4.90 Å². The molecule has 19 heavy (non-hydrogen) atoms. The maximum atomic E-state index is 12.4. The maximum Gasteiger partial charge on any atom is 0.257 e. The first kappa shape index (κ1) is 14.4. The van der Waals surface area contributed by atoms with Crippen LogP contribution in [0.2, 0.25) is 0 Å². The Hall–Kier alpha value is -1.04. The fraction of sp³-hybridized carbons (Fsp3) is 0.615. The smallest absolute Gasteiger partial charge is 0.257 e. The lowest BCUT2D eigenvalue weighted by Gasteiger charge is -2.37. The summed E-state index contributed by atoms with van der Waals surface area (Å²) in [5.41, 5.74) is 6.09. The van der Waals surface area contributed by atoms with E-state index in [0.717, 1.165) is 19.3 Å². The van der Waals surface area contributed by atoms with Crippen LogP contribution in [0.4, 0.5) is 0 Å². The second kappa shape index (κ2) is 5.94. The van der Waals surface area contributed by atoms with Crippen LogP contribution >= 0.6 is 12.4 Å². The van der Waals surface area contributed by atoms with Crippen molar-refractivity contribution in [2.24, 2.45) is 5.73 Å². The molecule has 0 spiro atoms. The highest BCUT2D eigenvalue weighted by Gasteiger charge is 2.38. The average Bonchev–Trinajstić information content (AvgIpc) is 3.05. The van der Waals surface area contributed by atoms with Crippen LogP contribution in [0.5, 0.6) is 0 Å². The van der Waals surface area contributed by atoms with Gasteiger partial charge in [0.25, 0.3) is 5.91 Å². The van der Waals surface area contributed by atoms with Gasteiger partial charge in [-0.3, -0.25) is 4.79 Å². The van der Waals surface area contributed by atoms with Gasteiger partial charge in [0.15, 0.2) is 0 Å². The van der Waals surface area contributed by atoms with Crippen LogP contribution in [0.25, 0.3) is 0 Å². The summed E-state index contributed by atoms with van der Waals surface area (Å²) in [6, 6.07) is 1.98. The van der Waals surface area contributed by atoms with E-state index in [4.69, 9.17) is 14.9 Å². The lowest BCUT2D eigenvalue weighted by molar-refractivity contribution is -0.0445. The number of ether oxygens (including phenoxy) is 1. The number of carbonyl (C=O) groups excluding carboxylic acids is 1. The molecule has 2 aliphatic rings. The zero-order valence-corrected chi connectivity index (χ0v) is 11.5. The molecule has 2 N–H and O–H groups in total. The summed E-state index contributed by atoms with van der Waals surface area (Å²) in [7, 11) is 0.